The highest BCUT2D eigenvalue weighted by Crippen LogP contribution is 2.25. The van der Waals surface area contributed by atoms with Crippen molar-refractivity contribution in [3.8, 4) is 10.6 Å². The van der Waals surface area contributed by atoms with Crippen molar-refractivity contribution >= 4 is 39.9 Å². The minimum absolute atomic E-state index is 0.355. The molecule has 2 amide bonds. The lowest BCUT2D eigenvalue weighted by atomic mass is 10.2. The summed E-state index contributed by atoms with van der Waals surface area (Å²) < 4.78 is 0. The van der Waals surface area contributed by atoms with Gasteiger partial charge in [-0.2, -0.15) is 0 Å². The van der Waals surface area contributed by atoms with Crippen LogP contribution in [0.15, 0.2) is 54.6 Å². The molecule has 0 bridgehead atoms. The van der Waals surface area contributed by atoms with Gasteiger partial charge in [0.15, 0.2) is 0 Å². The van der Waals surface area contributed by atoms with E-state index in [0.717, 1.165) is 5.56 Å². The molecule has 3 rings (SSSR count). The highest BCUT2D eigenvalue weighted by atomic mass is 35.5. The van der Waals surface area contributed by atoms with Gasteiger partial charge in [0.1, 0.15) is 11.0 Å². The van der Waals surface area contributed by atoms with E-state index in [4.69, 9.17) is 11.6 Å². The first-order chi connectivity index (χ1) is 12.5. The smallest absolute Gasteiger partial charge is 0.251 e. The SMILES string of the molecule is CC(NC(=O)c1ccc(Cl)cc1)C(=O)Nc1nnc(-c2ccccc2)s1. The van der Waals surface area contributed by atoms with E-state index < -0.39 is 6.04 Å². The summed E-state index contributed by atoms with van der Waals surface area (Å²) in [7, 11) is 0. The van der Waals surface area contributed by atoms with Gasteiger partial charge in [-0.3, -0.25) is 14.9 Å². The van der Waals surface area contributed by atoms with Crippen molar-refractivity contribution in [3.05, 3.63) is 65.2 Å². The van der Waals surface area contributed by atoms with Crippen molar-refractivity contribution in [2.45, 2.75) is 13.0 Å². The molecule has 3 aromatic rings. The quantitative estimate of drug-likeness (QED) is 0.701. The molecule has 2 N–H and O–H groups in total. The number of aromatic nitrogens is 2. The molecule has 0 aliphatic rings. The maximum Gasteiger partial charge on any atom is 0.251 e. The van der Waals surface area contributed by atoms with Crippen molar-refractivity contribution < 1.29 is 9.59 Å². The molecular weight excluding hydrogens is 372 g/mol. The minimum Gasteiger partial charge on any atom is -0.341 e. The number of nitrogens with one attached hydrogen (secondary N) is 2. The van der Waals surface area contributed by atoms with Crippen LogP contribution in [-0.4, -0.2) is 28.1 Å². The van der Waals surface area contributed by atoms with E-state index in [2.05, 4.69) is 20.8 Å². The molecule has 0 saturated heterocycles. The maximum absolute atomic E-state index is 12.3. The molecule has 0 spiro atoms. The van der Waals surface area contributed by atoms with Crippen molar-refractivity contribution in [2.24, 2.45) is 0 Å². The molecular formula is C18H15ClN4O2S. The van der Waals surface area contributed by atoms with Gasteiger partial charge in [-0.1, -0.05) is 53.3 Å². The van der Waals surface area contributed by atoms with Crippen molar-refractivity contribution in [3.63, 3.8) is 0 Å². The topological polar surface area (TPSA) is 84.0 Å². The second-order valence-electron chi connectivity index (χ2n) is 5.47. The third-order valence-electron chi connectivity index (χ3n) is 3.52. The van der Waals surface area contributed by atoms with Gasteiger partial charge in [0.25, 0.3) is 5.91 Å². The Bertz CT molecular complexity index is 912. The van der Waals surface area contributed by atoms with Gasteiger partial charge < -0.3 is 5.32 Å². The molecule has 1 aromatic heterocycles. The molecule has 1 heterocycles. The van der Waals surface area contributed by atoms with Gasteiger partial charge in [-0.15, -0.1) is 10.2 Å². The summed E-state index contributed by atoms with van der Waals surface area (Å²) in [4.78, 5) is 24.4. The average molecular weight is 387 g/mol. The van der Waals surface area contributed by atoms with E-state index in [0.29, 0.717) is 20.7 Å². The number of halogens is 1. The lowest BCUT2D eigenvalue weighted by Gasteiger charge is -2.12. The molecule has 0 saturated carbocycles. The van der Waals surface area contributed by atoms with Gasteiger partial charge in [-0.25, -0.2) is 0 Å². The number of nitrogens with zero attached hydrogens (tertiary/aromatic N) is 2. The molecule has 2 aromatic carbocycles. The summed E-state index contributed by atoms with van der Waals surface area (Å²) in [6.45, 7) is 1.60. The van der Waals surface area contributed by atoms with Crippen LogP contribution in [0, 0.1) is 0 Å². The fourth-order valence-electron chi connectivity index (χ4n) is 2.13. The molecule has 8 heteroatoms. The Morgan fingerprint density at radius 3 is 2.42 bits per heavy atom. The van der Waals surface area contributed by atoms with Crippen LogP contribution in [0.1, 0.15) is 17.3 Å². The van der Waals surface area contributed by atoms with E-state index in [9.17, 15) is 9.59 Å². The number of rotatable bonds is 5. The number of hydrogen-bond donors (Lipinski definition) is 2. The fourth-order valence-corrected chi connectivity index (χ4v) is 3.01. The Kier molecular flexibility index (Phi) is 5.60. The van der Waals surface area contributed by atoms with E-state index in [-0.39, 0.29) is 11.8 Å². The van der Waals surface area contributed by atoms with Crippen LogP contribution in [0.3, 0.4) is 0 Å². The van der Waals surface area contributed by atoms with Gasteiger partial charge in [0, 0.05) is 16.1 Å². The van der Waals surface area contributed by atoms with Crippen LogP contribution < -0.4 is 10.6 Å². The summed E-state index contributed by atoms with van der Waals surface area (Å²) in [5.41, 5.74) is 1.35. The fraction of sp³-hybridized carbons (Fsp3) is 0.111. The molecule has 0 radical (unpaired) electrons. The van der Waals surface area contributed by atoms with Crippen LogP contribution in [0.4, 0.5) is 5.13 Å². The zero-order chi connectivity index (χ0) is 18.5. The lowest BCUT2D eigenvalue weighted by molar-refractivity contribution is -0.117. The Hall–Kier alpha value is -2.77. The number of anilines is 1. The minimum atomic E-state index is -0.734. The first-order valence-corrected chi connectivity index (χ1v) is 8.98. The van der Waals surface area contributed by atoms with E-state index in [1.165, 1.54) is 11.3 Å². The Morgan fingerprint density at radius 1 is 1.04 bits per heavy atom. The normalized spacial score (nSPS) is 11.6. The summed E-state index contributed by atoms with van der Waals surface area (Å²) in [6.07, 6.45) is 0. The number of carbonyl (C=O) groups is 2. The number of carbonyl (C=O) groups excluding carboxylic acids is 2. The maximum atomic E-state index is 12.3. The summed E-state index contributed by atoms with van der Waals surface area (Å²) in [6, 6.07) is 15.3. The zero-order valence-corrected chi connectivity index (χ0v) is 15.3. The van der Waals surface area contributed by atoms with Crippen LogP contribution in [0.25, 0.3) is 10.6 Å². The molecule has 1 atom stereocenters. The summed E-state index contributed by atoms with van der Waals surface area (Å²) >= 11 is 7.07. The Morgan fingerprint density at radius 2 is 1.73 bits per heavy atom. The molecule has 26 heavy (non-hydrogen) atoms. The van der Waals surface area contributed by atoms with Crippen molar-refractivity contribution in [1.29, 1.82) is 0 Å². The van der Waals surface area contributed by atoms with Crippen LogP contribution in [-0.2, 0) is 4.79 Å². The average Bonchev–Trinajstić information content (AvgIpc) is 3.11. The van der Waals surface area contributed by atoms with E-state index in [1.54, 1.807) is 31.2 Å². The predicted octanol–water partition coefficient (Wildman–Crippen LogP) is 3.62. The molecule has 132 valence electrons. The van der Waals surface area contributed by atoms with Gasteiger partial charge >= 0.3 is 0 Å². The Labute approximate surface area is 159 Å². The van der Waals surface area contributed by atoms with Crippen LogP contribution >= 0.6 is 22.9 Å². The highest BCUT2D eigenvalue weighted by Gasteiger charge is 2.18. The summed E-state index contributed by atoms with van der Waals surface area (Å²) in [5.74, 6) is -0.727. The third kappa shape index (κ3) is 4.44. The van der Waals surface area contributed by atoms with E-state index in [1.807, 2.05) is 30.3 Å². The van der Waals surface area contributed by atoms with Crippen molar-refractivity contribution in [1.82, 2.24) is 15.5 Å². The molecule has 1 unspecified atom stereocenters. The highest BCUT2D eigenvalue weighted by molar-refractivity contribution is 7.18. The predicted molar refractivity (Wildman–Crippen MR) is 102 cm³/mol. The summed E-state index contributed by atoms with van der Waals surface area (Å²) in [5, 5.41) is 15.0. The van der Waals surface area contributed by atoms with Crippen molar-refractivity contribution in [2.75, 3.05) is 5.32 Å². The molecule has 6 nitrogen and oxygen atoms in total. The zero-order valence-electron chi connectivity index (χ0n) is 13.8. The molecule has 0 aliphatic heterocycles. The standard InChI is InChI=1S/C18H15ClN4O2S/c1-11(20-16(25)12-7-9-14(19)10-8-12)15(24)21-18-23-22-17(26-18)13-5-3-2-4-6-13/h2-11H,1H3,(H,20,25)(H,21,23,24). The van der Waals surface area contributed by atoms with Gasteiger partial charge in [-0.05, 0) is 31.2 Å². The first kappa shape index (κ1) is 18.0. The van der Waals surface area contributed by atoms with Crippen LogP contribution in [0.2, 0.25) is 5.02 Å². The third-order valence-corrected chi connectivity index (χ3v) is 4.66. The number of amides is 2. The monoisotopic (exact) mass is 386 g/mol. The molecule has 0 aliphatic carbocycles. The second-order valence-corrected chi connectivity index (χ2v) is 6.88. The van der Waals surface area contributed by atoms with Crippen LogP contribution in [0.5, 0.6) is 0 Å². The number of hydrogen-bond acceptors (Lipinski definition) is 5. The van der Waals surface area contributed by atoms with E-state index >= 15 is 0 Å². The second kappa shape index (κ2) is 8.07. The number of benzene rings is 2. The van der Waals surface area contributed by atoms with Gasteiger partial charge in [0.2, 0.25) is 11.0 Å². The Balaban J connectivity index is 1.60. The first-order valence-electron chi connectivity index (χ1n) is 7.79. The largest absolute Gasteiger partial charge is 0.341 e. The lowest BCUT2D eigenvalue weighted by Crippen LogP contribution is -2.41. The molecule has 0 fully saturated rings. The van der Waals surface area contributed by atoms with Gasteiger partial charge in [0.05, 0.1) is 0 Å².